The lowest BCUT2D eigenvalue weighted by molar-refractivity contribution is 0.0206. The second-order valence-electron chi connectivity index (χ2n) is 10.7. The molecule has 1 atom stereocenters. The molecular weight excluding hydrogens is 605 g/mol. The highest BCUT2D eigenvalue weighted by Gasteiger charge is 2.28. The number of halogens is 1. The summed E-state index contributed by atoms with van der Waals surface area (Å²) in [5.41, 5.74) is 1.96. The van der Waals surface area contributed by atoms with Crippen molar-refractivity contribution in [3.8, 4) is 22.9 Å². The van der Waals surface area contributed by atoms with Crippen molar-refractivity contribution in [2.75, 3.05) is 18.4 Å². The summed E-state index contributed by atoms with van der Waals surface area (Å²) in [6.07, 6.45) is 4.94. The first kappa shape index (κ1) is 27.1. The standard InChI is InChI=1S/C30H32IN5O3/c1-19-12-13-21-22(9-5-11-24(21)31)26(19)38-27-23(10-6-15-32-27)25-14-16-33-28(35-25)34-20-8-7-17-36(18-20)29(37)39-30(2,3)4/h5-6,9-16,20H,7-8,17-18H2,1-4H3,(H,33,34,35)/t20-/m0/s1. The molecule has 9 heteroatoms. The van der Waals surface area contributed by atoms with Crippen LogP contribution in [0.4, 0.5) is 10.7 Å². The first-order valence-corrected chi connectivity index (χ1v) is 14.1. The van der Waals surface area contributed by atoms with Crippen LogP contribution in [0.5, 0.6) is 11.6 Å². The number of hydrogen-bond donors (Lipinski definition) is 1. The van der Waals surface area contributed by atoms with Crippen molar-refractivity contribution in [1.82, 2.24) is 19.9 Å². The van der Waals surface area contributed by atoms with Crippen molar-refractivity contribution in [1.29, 1.82) is 0 Å². The molecule has 4 aromatic rings. The van der Waals surface area contributed by atoms with Crippen LogP contribution in [0.2, 0.25) is 0 Å². The fourth-order valence-electron chi connectivity index (χ4n) is 4.65. The van der Waals surface area contributed by atoms with Gasteiger partial charge in [0.05, 0.1) is 11.3 Å². The number of benzene rings is 2. The Morgan fingerprint density at radius 3 is 2.72 bits per heavy atom. The van der Waals surface area contributed by atoms with Gasteiger partial charge in [-0.2, -0.15) is 0 Å². The topological polar surface area (TPSA) is 89.5 Å². The smallest absolute Gasteiger partial charge is 0.410 e. The van der Waals surface area contributed by atoms with Crippen LogP contribution in [0.1, 0.15) is 39.2 Å². The second kappa shape index (κ2) is 11.3. The van der Waals surface area contributed by atoms with E-state index >= 15 is 0 Å². The molecule has 1 N–H and O–H groups in total. The number of rotatable bonds is 5. The van der Waals surface area contributed by atoms with Gasteiger partial charge in [0.2, 0.25) is 11.8 Å². The number of carbonyl (C=O) groups is 1. The molecule has 0 radical (unpaired) electrons. The molecule has 1 aliphatic heterocycles. The second-order valence-corrected chi connectivity index (χ2v) is 11.8. The van der Waals surface area contributed by atoms with Gasteiger partial charge in [-0.15, -0.1) is 0 Å². The third kappa shape index (κ3) is 6.41. The third-order valence-corrected chi connectivity index (χ3v) is 7.40. The van der Waals surface area contributed by atoms with Gasteiger partial charge < -0.3 is 19.7 Å². The number of hydrogen-bond acceptors (Lipinski definition) is 7. The summed E-state index contributed by atoms with van der Waals surface area (Å²) in [6.45, 7) is 8.88. The molecule has 1 aliphatic rings. The maximum absolute atomic E-state index is 12.6. The SMILES string of the molecule is Cc1ccc2c(I)cccc2c1Oc1ncccc1-c1ccnc(N[C@H]2CCCN(C(=O)OC(C)(C)C)C2)n1. The minimum atomic E-state index is -0.526. The average Bonchev–Trinajstić information content (AvgIpc) is 2.90. The average molecular weight is 638 g/mol. The van der Waals surface area contributed by atoms with Crippen LogP contribution in [-0.4, -0.2) is 50.7 Å². The van der Waals surface area contributed by atoms with E-state index in [4.69, 9.17) is 14.5 Å². The number of nitrogens with zero attached hydrogens (tertiary/aromatic N) is 4. The first-order valence-electron chi connectivity index (χ1n) is 13.1. The van der Waals surface area contributed by atoms with Gasteiger partial charge in [0.25, 0.3) is 0 Å². The zero-order valence-corrected chi connectivity index (χ0v) is 24.7. The Morgan fingerprint density at radius 1 is 1.05 bits per heavy atom. The van der Waals surface area contributed by atoms with E-state index in [0.29, 0.717) is 30.6 Å². The molecule has 3 heterocycles. The fraction of sp³-hybridized carbons (Fsp3) is 0.333. The van der Waals surface area contributed by atoms with Crippen molar-refractivity contribution in [2.24, 2.45) is 0 Å². The van der Waals surface area contributed by atoms with Crippen molar-refractivity contribution < 1.29 is 14.3 Å². The number of piperidine rings is 1. The molecule has 2 aromatic heterocycles. The number of pyridine rings is 1. The normalized spacial score (nSPS) is 15.7. The van der Waals surface area contributed by atoms with E-state index in [-0.39, 0.29) is 12.1 Å². The predicted molar refractivity (Wildman–Crippen MR) is 161 cm³/mol. The number of fused-ring (bicyclic) bond motifs is 1. The fourth-order valence-corrected chi connectivity index (χ4v) is 5.33. The van der Waals surface area contributed by atoms with Gasteiger partial charge in [-0.3, -0.25) is 0 Å². The highest BCUT2D eigenvalue weighted by molar-refractivity contribution is 14.1. The molecule has 1 saturated heterocycles. The van der Waals surface area contributed by atoms with Crippen LogP contribution in [0, 0.1) is 10.5 Å². The minimum Gasteiger partial charge on any atom is -0.444 e. The van der Waals surface area contributed by atoms with E-state index in [2.05, 4.69) is 62.1 Å². The van der Waals surface area contributed by atoms with Gasteiger partial charge in [-0.05, 0) is 98.3 Å². The van der Waals surface area contributed by atoms with Crippen molar-refractivity contribution in [3.63, 3.8) is 0 Å². The number of likely N-dealkylation sites (tertiary alicyclic amines) is 1. The molecule has 0 aliphatic carbocycles. The summed E-state index contributed by atoms with van der Waals surface area (Å²) in [4.78, 5) is 28.1. The number of amides is 1. The highest BCUT2D eigenvalue weighted by Crippen LogP contribution is 2.37. The van der Waals surface area contributed by atoms with E-state index in [1.54, 1.807) is 17.3 Å². The summed E-state index contributed by atoms with van der Waals surface area (Å²) >= 11 is 2.35. The summed E-state index contributed by atoms with van der Waals surface area (Å²) < 4.78 is 13.2. The predicted octanol–water partition coefficient (Wildman–Crippen LogP) is 7.21. The van der Waals surface area contributed by atoms with Crippen LogP contribution in [0.15, 0.2) is 60.9 Å². The zero-order valence-electron chi connectivity index (χ0n) is 22.6. The Hall–Kier alpha value is -3.47. The van der Waals surface area contributed by atoms with Crippen LogP contribution in [0.25, 0.3) is 22.0 Å². The highest BCUT2D eigenvalue weighted by atomic mass is 127. The third-order valence-electron chi connectivity index (χ3n) is 6.46. The lowest BCUT2D eigenvalue weighted by Crippen LogP contribution is -2.47. The molecule has 8 nitrogen and oxygen atoms in total. The van der Waals surface area contributed by atoms with Crippen molar-refractivity contribution in [2.45, 2.75) is 52.2 Å². The quantitative estimate of drug-likeness (QED) is 0.232. The van der Waals surface area contributed by atoms with Gasteiger partial charge in [-0.1, -0.05) is 24.3 Å². The molecule has 2 aromatic carbocycles. The summed E-state index contributed by atoms with van der Waals surface area (Å²) in [5.74, 6) is 1.75. The Bertz CT molecular complexity index is 1500. The van der Waals surface area contributed by atoms with E-state index in [1.807, 2.05) is 52.0 Å². The lowest BCUT2D eigenvalue weighted by Gasteiger charge is -2.34. The molecule has 202 valence electrons. The zero-order chi connectivity index (χ0) is 27.6. The van der Waals surface area contributed by atoms with Crippen LogP contribution in [-0.2, 0) is 4.74 Å². The molecule has 1 amide bonds. The van der Waals surface area contributed by atoms with Gasteiger partial charge in [0.15, 0.2) is 0 Å². The van der Waals surface area contributed by atoms with Gasteiger partial charge in [-0.25, -0.2) is 19.7 Å². The summed E-state index contributed by atoms with van der Waals surface area (Å²) in [6, 6.07) is 16.1. The Morgan fingerprint density at radius 2 is 1.90 bits per heavy atom. The number of aromatic nitrogens is 3. The Labute approximate surface area is 242 Å². The number of ether oxygens (including phenoxy) is 2. The monoisotopic (exact) mass is 637 g/mol. The van der Waals surface area contributed by atoms with Gasteiger partial charge in [0, 0.05) is 40.5 Å². The number of carbonyl (C=O) groups excluding carboxylic acids is 1. The van der Waals surface area contributed by atoms with E-state index < -0.39 is 5.60 Å². The Kier molecular flexibility index (Phi) is 7.88. The number of aryl methyl sites for hydroxylation is 1. The Balaban J connectivity index is 1.38. The molecule has 0 unspecified atom stereocenters. The molecule has 5 rings (SSSR count). The molecule has 0 saturated carbocycles. The maximum atomic E-state index is 12.6. The van der Waals surface area contributed by atoms with E-state index in [1.165, 1.54) is 0 Å². The molecular formula is C30H32IN5O3. The lowest BCUT2D eigenvalue weighted by atomic mass is 10.1. The molecule has 39 heavy (non-hydrogen) atoms. The van der Waals surface area contributed by atoms with E-state index in [9.17, 15) is 4.79 Å². The number of nitrogens with one attached hydrogen (secondary N) is 1. The van der Waals surface area contributed by atoms with Gasteiger partial charge in [0.1, 0.15) is 11.4 Å². The molecule has 0 spiro atoms. The first-order chi connectivity index (χ1) is 18.7. The van der Waals surface area contributed by atoms with E-state index in [0.717, 1.165) is 44.1 Å². The van der Waals surface area contributed by atoms with Crippen LogP contribution in [0.3, 0.4) is 0 Å². The molecule has 1 fully saturated rings. The molecule has 0 bridgehead atoms. The summed E-state index contributed by atoms with van der Waals surface area (Å²) in [7, 11) is 0. The number of anilines is 1. The largest absolute Gasteiger partial charge is 0.444 e. The van der Waals surface area contributed by atoms with Crippen molar-refractivity contribution >= 4 is 45.4 Å². The van der Waals surface area contributed by atoms with Gasteiger partial charge >= 0.3 is 6.09 Å². The minimum absolute atomic E-state index is 0.0203. The summed E-state index contributed by atoms with van der Waals surface area (Å²) in [5, 5.41) is 5.59. The van der Waals surface area contributed by atoms with Crippen LogP contribution < -0.4 is 10.1 Å². The maximum Gasteiger partial charge on any atom is 0.410 e. The van der Waals surface area contributed by atoms with Crippen LogP contribution >= 0.6 is 22.6 Å². The van der Waals surface area contributed by atoms with Crippen molar-refractivity contribution in [3.05, 3.63) is 70.1 Å².